The largest absolute Gasteiger partial charge is 0.369 e. The van der Waals surface area contributed by atoms with Crippen LogP contribution in [0.15, 0.2) is 23.0 Å². The van der Waals surface area contributed by atoms with Crippen molar-refractivity contribution in [1.82, 2.24) is 19.7 Å². The number of nitrogen functional groups attached to an aromatic ring is 1. The Balaban J connectivity index is 1.98. The highest BCUT2D eigenvalue weighted by Gasteiger charge is 2.11. The molecule has 0 atom stereocenters. The Hall–Kier alpha value is -2.44. The number of imidazole rings is 1. The number of nitrogens with two attached hydrogens (primary N) is 1. The molecule has 0 fully saturated rings. The van der Waals surface area contributed by atoms with Crippen molar-refractivity contribution < 1.29 is 8.91 Å². The van der Waals surface area contributed by atoms with Crippen molar-refractivity contribution in [3.05, 3.63) is 35.7 Å². The molecule has 6 nitrogen and oxygen atoms in total. The van der Waals surface area contributed by atoms with E-state index in [9.17, 15) is 4.39 Å². The van der Waals surface area contributed by atoms with Gasteiger partial charge in [0.2, 0.25) is 11.8 Å². The first-order valence-corrected chi connectivity index (χ1v) is 5.82. The maximum absolute atomic E-state index is 13.5. The van der Waals surface area contributed by atoms with Gasteiger partial charge >= 0.3 is 0 Å². The molecule has 0 aliphatic rings. The van der Waals surface area contributed by atoms with Gasteiger partial charge in [0.15, 0.2) is 6.33 Å². The number of aryl methyl sites for hydroxylation is 3. The maximum atomic E-state index is 13.5. The van der Waals surface area contributed by atoms with Crippen LogP contribution in [0.4, 0.5) is 10.3 Å². The average molecular weight is 261 g/mol. The van der Waals surface area contributed by atoms with Gasteiger partial charge in [-0.05, 0) is 18.6 Å². The summed E-state index contributed by atoms with van der Waals surface area (Å²) in [5.41, 5.74) is 7.77. The Morgan fingerprint density at radius 1 is 1.42 bits per heavy atom. The minimum absolute atomic E-state index is 0.283. The minimum atomic E-state index is -0.283. The summed E-state index contributed by atoms with van der Waals surface area (Å²) in [5.74, 6) is 0.591. The van der Waals surface area contributed by atoms with Crippen molar-refractivity contribution in [3.63, 3.8) is 0 Å². The van der Waals surface area contributed by atoms with E-state index in [1.165, 1.54) is 12.4 Å². The van der Waals surface area contributed by atoms with Crippen molar-refractivity contribution >= 4 is 17.0 Å². The summed E-state index contributed by atoms with van der Waals surface area (Å²) in [4.78, 5) is 8.09. The van der Waals surface area contributed by atoms with E-state index in [1.54, 1.807) is 13.0 Å². The molecule has 0 aliphatic heterocycles. The van der Waals surface area contributed by atoms with Gasteiger partial charge in [0.25, 0.3) is 0 Å². The summed E-state index contributed by atoms with van der Waals surface area (Å²) in [5, 5.41) is 3.54. The fourth-order valence-electron chi connectivity index (χ4n) is 2.02. The van der Waals surface area contributed by atoms with Crippen molar-refractivity contribution in [1.29, 1.82) is 0 Å². The van der Waals surface area contributed by atoms with E-state index in [0.717, 1.165) is 5.52 Å². The summed E-state index contributed by atoms with van der Waals surface area (Å²) in [6.07, 6.45) is 1.90. The number of aromatic nitrogens is 4. The molecule has 0 saturated heterocycles. The van der Waals surface area contributed by atoms with Crippen LogP contribution in [-0.2, 0) is 13.0 Å². The first-order chi connectivity index (χ1) is 9.15. The number of rotatable bonds is 3. The first kappa shape index (κ1) is 11.6. The van der Waals surface area contributed by atoms with Crippen LogP contribution in [0.25, 0.3) is 11.0 Å². The predicted molar refractivity (Wildman–Crippen MR) is 66.8 cm³/mol. The minimum Gasteiger partial charge on any atom is -0.369 e. The van der Waals surface area contributed by atoms with Crippen molar-refractivity contribution in [2.75, 3.05) is 5.73 Å². The van der Waals surface area contributed by atoms with Crippen LogP contribution in [0.2, 0.25) is 0 Å². The monoisotopic (exact) mass is 261 g/mol. The second-order valence-electron chi connectivity index (χ2n) is 4.30. The molecule has 0 bridgehead atoms. The molecular formula is C12H12FN5O. The smallest absolute Gasteiger partial charge is 0.228 e. The van der Waals surface area contributed by atoms with Crippen LogP contribution in [0, 0.1) is 12.7 Å². The van der Waals surface area contributed by atoms with E-state index in [2.05, 4.69) is 15.1 Å². The molecule has 0 amide bonds. The summed E-state index contributed by atoms with van der Waals surface area (Å²) in [6, 6.07) is 3.13. The first-order valence-electron chi connectivity index (χ1n) is 5.82. The zero-order valence-corrected chi connectivity index (χ0v) is 10.3. The van der Waals surface area contributed by atoms with Crippen LogP contribution < -0.4 is 5.73 Å². The molecule has 2 N–H and O–H groups in total. The summed E-state index contributed by atoms with van der Waals surface area (Å²) in [6.45, 7) is 2.26. The molecule has 0 radical (unpaired) electrons. The summed E-state index contributed by atoms with van der Waals surface area (Å²) >= 11 is 0. The molecule has 19 heavy (non-hydrogen) atoms. The van der Waals surface area contributed by atoms with E-state index in [-0.39, 0.29) is 5.82 Å². The third-order valence-corrected chi connectivity index (χ3v) is 3.01. The van der Waals surface area contributed by atoms with Crippen LogP contribution in [0.1, 0.15) is 11.5 Å². The van der Waals surface area contributed by atoms with Gasteiger partial charge in [0.1, 0.15) is 5.82 Å². The van der Waals surface area contributed by atoms with Crippen LogP contribution >= 0.6 is 0 Å². The number of benzene rings is 1. The quantitative estimate of drug-likeness (QED) is 0.775. The zero-order valence-electron chi connectivity index (χ0n) is 10.3. The Morgan fingerprint density at radius 3 is 3.00 bits per heavy atom. The van der Waals surface area contributed by atoms with Crippen molar-refractivity contribution in [2.24, 2.45) is 0 Å². The number of nitrogens with zero attached hydrogens (tertiary/aromatic N) is 4. The number of fused-ring (bicyclic) bond motifs is 1. The molecule has 0 spiro atoms. The van der Waals surface area contributed by atoms with E-state index in [4.69, 9.17) is 10.3 Å². The van der Waals surface area contributed by atoms with Crippen LogP contribution in [-0.4, -0.2) is 19.7 Å². The Labute approximate surface area is 108 Å². The number of hydrogen-bond acceptors (Lipinski definition) is 5. The fraction of sp³-hybridized carbons (Fsp3) is 0.250. The van der Waals surface area contributed by atoms with E-state index >= 15 is 0 Å². The average Bonchev–Trinajstić information content (AvgIpc) is 2.96. The van der Waals surface area contributed by atoms with Crippen molar-refractivity contribution in [2.45, 2.75) is 19.9 Å². The molecule has 1 aromatic carbocycles. The topological polar surface area (TPSA) is 82.8 Å². The molecule has 3 aromatic rings. The second-order valence-corrected chi connectivity index (χ2v) is 4.30. The SMILES string of the molecule is Cc1cc2c(cc1F)nc(N)n2CCc1ncno1. The van der Waals surface area contributed by atoms with Gasteiger partial charge in [-0.1, -0.05) is 5.16 Å². The molecule has 7 heteroatoms. The molecule has 2 aromatic heterocycles. The van der Waals surface area contributed by atoms with Gasteiger partial charge in [-0.3, -0.25) is 0 Å². The van der Waals surface area contributed by atoms with Gasteiger partial charge in [-0.25, -0.2) is 9.37 Å². The third-order valence-electron chi connectivity index (χ3n) is 3.01. The predicted octanol–water partition coefficient (Wildman–Crippen LogP) is 1.69. The third kappa shape index (κ3) is 2.03. The van der Waals surface area contributed by atoms with E-state index < -0.39 is 0 Å². The lowest BCUT2D eigenvalue weighted by atomic mass is 10.2. The lowest BCUT2D eigenvalue weighted by Crippen LogP contribution is -2.06. The highest BCUT2D eigenvalue weighted by atomic mass is 19.1. The van der Waals surface area contributed by atoms with Gasteiger partial charge < -0.3 is 14.8 Å². The number of anilines is 1. The molecule has 98 valence electrons. The lowest BCUT2D eigenvalue weighted by Gasteiger charge is -2.05. The summed E-state index contributed by atoms with van der Waals surface area (Å²) in [7, 11) is 0. The lowest BCUT2D eigenvalue weighted by molar-refractivity contribution is 0.372. The van der Waals surface area contributed by atoms with Gasteiger partial charge in [0.05, 0.1) is 11.0 Å². The number of halogens is 1. The molecule has 0 saturated carbocycles. The van der Waals surface area contributed by atoms with E-state index in [1.807, 2.05) is 4.57 Å². The number of hydrogen-bond donors (Lipinski definition) is 1. The molecular weight excluding hydrogens is 249 g/mol. The molecule has 3 rings (SSSR count). The van der Waals surface area contributed by atoms with Crippen LogP contribution in [0.3, 0.4) is 0 Å². The van der Waals surface area contributed by atoms with Crippen LogP contribution in [0.5, 0.6) is 0 Å². The summed E-state index contributed by atoms with van der Waals surface area (Å²) < 4.78 is 20.2. The Bertz CT molecular complexity index is 719. The molecule has 2 heterocycles. The van der Waals surface area contributed by atoms with Crippen molar-refractivity contribution in [3.8, 4) is 0 Å². The van der Waals surface area contributed by atoms with E-state index in [0.29, 0.717) is 35.9 Å². The second kappa shape index (κ2) is 4.34. The highest BCUT2D eigenvalue weighted by Crippen LogP contribution is 2.21. The highest BCUT2D eigenvalue weighted by molar-refractivity contribution is 5.79. The Kier molecular flexibility index (Phi) is 2.66. The standard InChI is InChI=1S/C12H12FN5O/c1-7-4-10-9(5-8(7)13)17-12(14)18(10)3-2-11-15-6-16-19-11/h4-6H,2-3H2,1H3,(H2,14,17). The molecule has 0 aliphatic carbocycles. The fourth-order valence-corrected chi connectivity index (χ4v) is 2.02. The van der Waals surface area contributed by atoms with Gasteiger partial charge in [0, 0.05) is 19.0 Å². The maximum Gasteiger partial charge on any atom is 0.228 e. The zero-order chi connectivity index (χ0) is 13.4. The molecule has 0 unspecified atom stereocenters. The van der Waals surface area contributed by atoms with Gasteiger partial charge in [-0.2, -0.15) is 4.98 Å². The normalized spacial score (nSPS) is 11.3. The van der Waals surface area contributed by atoms with Gasteiger partial charge in [-0.15, -0.1) is 0 Å². The Morgan fingerprint density at radius 2 is 2.26 bits per heavy atom.